The van der Waals surface area contributed by atoms with Crippen molar-refractivity contribution in [2.24, 2.45) is 4.99 Å². The standard InChI is InChI=1S/C30H31F3N4O2/c1-35-17-15-24(20-35)36(2)16-6-18-39-25-13-11-23(12-14-25)37-27-10-4-3-9-26(27)28(29(37)38)34-22-8-5-7-21(19-22)30(31,32)33/h3-5,7-14,19,24H,6,15-18,20H2,1-2H3. The fourth-order valence-electron chi connectivity index (χ4n) is 5.09. The van der Waals surface area contributed by atoms with Crippen LogP contribution in [0.5, 0.6) is 5.75 Å². The van der Waals surface area contributed by atoms with E-state index in [-0.39, 0.29) is 11.4 Å². The molecule has 39 heavy (non-hydrogen) atoms. The maximum atomic E-state index is 13.5. The van der Waals surface area contributed by atoms with Crippen LogP contribution in [0.4, 0.5) is 30.2 Å². The first-order valence-electron chi connectivity index (χ1n) is 13.0. The quantitative estimate of drug-likeness (QED) is 0.336. The Hall–Kier alpha value is -3.69. The largest absolute Gasteiger partial charge is 0.494 e. The molecule has 2 aliphatic heterocycles. The third-order valence-corrected chi connectivity index (χ3v) is 7.23. The number of rotatable bonds is 8. The lowest BCUT2D eigenvalue weighted by Crippen LogP contribution is -2.35. The van der Waals surface area contributed by atoms with Crippen LogP contribution < -0.4 is 9.64 Å². The van der Waals surface area contributed by atoms with Crippen LogP contribution in [0, 0.1) is 0 Å². The Balaban J connectivity index is 1.27. The Bertz CT molecular complexity index is 1360. The molecule has 0 bridgehead atoms. The topological polar surface area (TPSA) is 48.4 Å². The van der Waals surface area contributed by atoms with E-state index >= 15 is 0 Å². The van der Waals surface area contributed by atoms with Crippen molar-refractivity contribution in [1.82, 2.24) is 9.80 Å². The third kappa shape index (κ3) is 5.99. The maximum absolute atomic E-state index is 13.5. The average Bonchev–Trinajstić information content (AvgIpc) is 3.48. The summed E-state index contributed by atoms with van der Waals surface area (Å²) >= 11 is 0. The van der Waals surface area contributed by atoms with Crippen LogP contribution in [0.1, 0.15) is 24.0 Å². The average molecular weight is 537 g/mol. The Kier molecular flexibility index (Phi) is 7.72. The van der Waals surface area contributed by atoms with Gasteiger partial charge in [0, 0.05) is 30.4 Å². The maximum Gasteiger partial charge on any atom is 0.416 e. The smallest absolute Gasteiger partial charge is 0.416 e. The van der Waals surface area contributed by atoms with Crippen molar-refractivity contribution in [3.8, 4) is 5.75 Å². The number of likely N-dealkylation sites (N-methyl/N-ethyl adjacent to an activating group) is 2. The van der Waals surface area contributed by atoms with Gasteiger partial charge in [-0.2, -0.15) is 13.2 Å². The summed E-state index contributed by atoms with van der Waals surface area (Å²) in [4.78, 5) is 24.1. The Morgan fingerprint density at radius 1 is 1.05 bits per heavy atom. The van der Waals surface area contributed by atoms with Crippen LogP contribution in [0.15, 0.2) is 77.8 Å². The number of benzene rings is 3. The SMILES string of the molecule is CN1CCC(N(C)CCCOc2ccc(N3C(=O)C(=Nc4cccc(C(F)(F)F)c4)c4ccccc43)cc2)C1. The Morgan fingerprint density at radius 3 is 2.54 bits per heavy atom. The molecule has 1 fully saturated rings. The second-order valence-corrected chi connectivity index (χ2v) is 10.0. The number of anilines is 2. The molecule has 9 heteroatoms. The van der Waals surface area contributed by atoms with Crippen molar-refractivity contribution in [2.75, 3.05) is 45.2 Å². The van der Waals surface area contributed by atoms with E-state index < -0.39 is 17.6 Å². The zero-order chi connectivity index (χ0) is 27.6. The summed E-state index contributed by atoms with van der Waals surface area (Å²) in [7, 11) is 4.31. The molecule has 0 N–H and O–H groups in total. The normalized spacial score (nSPS) is 18.8. The summed E-state index contributed by atoms with van der Waals surface area (Å²) in [5.41, 5.74) is 1.18. The molecule has 0 saturated carbocycles. The van der Waals surface area contributed by atoms with Gasteiger partial charge >= 0.3 is 6.18 Å². The summed E-state index contributed by atoms with van der Waals surface area (Å²) < 4.78 is 45.5. The lowest BCUT2D eigenvalue weighted by atomic mass is 10.1. The molecular formula is C30H31F3N4O2. The Morgan fingerprint density at radius 2 is 1.82 bits per heavy atom. The summed E-state index contributed by atoms with van der Waals surface area (Å²) in [5.74, 6) is 0.308. The van der Waals surface area contributed by atoms with Gasteiger partial charge in [0.2, 0.25) is 0 Å². The van der Waals surface area contributed by atoms with Crippen molar-refractivity contribution < 1.29 is 22.7 Å². The van der Waals surface area contributed by atoms with Crippen LogP contribution in [0.3, 0.4) is 0 Å². The molecule has 0 radical (unpaired) electrons. The summed E-state index contributed by atoms with van der Waals surface area (Å²) in [6.45, 7) is 3.79. The highest BCUT2D eigenvalue weighted by Gasteiger charge is 2.35. The number of ether oxygens (including phenoxy) is 1. The lowest BCUT2D eigenvalue weighted by Gasteiger charge is -2.24. The van der Waals surface area contributed by atoms with Crippen LogP contribution in [-0.2, 0) is 11.0 Å². The number of hydrogen-bond donors (Lipinski definition) is 0. The van der Waals surface area contributed by atoms with E-state index in [1.54, 1.807) is 30.3 Å². The minimum atomic E-state index is -4.49. The molecule has 3 aromatic rings. The second kappa shape index (κ2) is 11.2. The van der Waals surface area contributed by atoms with Crippen molar-refractivity contribution in [3.05, 3.63) is 83.9 Å². The van der Waals surface area contributed by atoms with Gasteiger partial charge in [-0.15, -0.1) is 0 Å². The van der Waals surface area contributed by atoms with E-state index in [1.165, 1.54) is 23.5 Å². The molecular weight excluding hydrogens is 505 g/mol. The molecule has 0 aliphatic carbocycles. The number of carbonyl (C=O) groups is 1. The number of halogens is 3. The minimum absolute atomic E-state index is 0.0687. The number of likely N-dealkylation sites (tertiary alicyclic amines) is 1. The predicted octanol–water partition coefficient (Wildman–Crippen LogP) is 5.91. The van der Waals surface area contributed by atoms with Gasteiger partial charge in [-0.25, -0.2) is 4.99 Å². The monoisotopic (exact) mass is 536 g/mol. The zero-order valence-electron chi connectivity index (χ0n) is 22.0. The number of carbonyl (C=O) groups excluding carboxylic acids is 1. The lowest BCUT2D eigenvalue weighted by molar-refractivity contribution is -0.137. The van der Waals surface area contributed by atoms with Gasteiger partial charge in [-0.3, -0.25) is 9.69 Å². The van der Waals surface area contributed by atoms with Crippen LogP contribution >= 0.6 is 0 Å². The molecule has 2 heterocycles. The van der Waals surface area contributed by atoms with Gasteiger partial charge in [0.05, 0.1) is 23.5 Å². The number of fused-ring (bicyclic) bond motifs is 1. The molecule has 2 aliphatic rings. The van der Waals surface area contributed by atoms with Gasteiger partial charge in [-0.05, 0) is 82.0 Å². The van der Waals surface area contributed by atoms with E-state index in [1.807, 2.05) is 18.2 Å². The molecule has 1 atom stereocenters. The fraction of sp³-hybridized carbons (Fsp3) is 0.333. The number of nitrogens with zero attached hydrogens (tertiary/aromatic N) is 4. The number of amides is 1. The van der Waals surface area contributed by atoms with Gasteiger partial charge in [-0.1, -0.05) is 24.3 Å². The van der Waals surface area contributed by atoms with Gasteiger partial charge in [0.1, 0.15) is 11.5 Å². The van der Waals surface area contributed by atoms with Crippen molar-refractivity contribution in [1.29, 1.82) is 0 Å². The first kappa shape index (κ1) is 26.9. The van der Waals surface area contributed by atoms with Crippen LogP contribution in [0.2, 0.25) is 0 Å². The van der Waals surface area contributed by atoms with Crippen LogP contribution in [-0.4, -0.2) is 67.8 Å². The summed E-state index contributed by atoms with van der Waals surface area (Å²) in [6.07, 6.45) is -2.39. The summed E-state index contributed by atoms with van der Waals surface area (Å²) in [6, 6.07) is 19.6. The van der Waals surface area contributed by atoms with Crippen molar-refractivity contribution in [2.45, 2.75) is 25.1 Å². The molecule has 0 aromatic heterocycles. The predicted molar refractivity (Wildman–Crippen MR) is 146 cm³/mol. The number of alkyl halides is 3. The van der Waals surface area contributed by atoms with E-state index in [2.05, 4.69) is 28.9 Å². The molecule has 1 unspecified atom stereocenters. The second-order valence-electron chi connectivity index (χ2n) is 10.0. The number of para-hydroxylation sites is 1. The number of hydrogen-bond acceptors (Lipinski definition) is 5. The van der Waals surface area contributed by atoms with E-state index in [4.69, 9.17) is 4.74 Å². The molecule has 6 nitrogen and oxygen atoms in total. The molecule has 0 spiro atoms. The molecule has 3 aromatic carbocycles. The molecule has 1 saturated heterocycles. The van der Waals surface area contributed by atoms with E-state index in [0.717, 1.165) is 38.2 Å². The Labute approximate surface area is 226 Å². The van der Waals surface area contributed by atoms with Gasteiger partial charge in [0.15, 0.2) is 0 Å². The number of aliphatic imine (C=N–C) groups is 1. The fourth-order valence-corrected chi connectivity index (χ4v) is 5.09. The van der Waals surface area contributed by atoms with Crippen LogP contribution in [0.25, 0.3) is 0 Å². The highest BCUT2D eigenvalue weighted by atomic mass is 19.4. The third-order valence-electron chi connectivity index (χ3n) is 7.23. The van der Waals surface area contributed by atoms with Gasteiger partial charge in [0.25, 0.3) is 5.91 Å². The molecule has 5 rings (SSSR count). The zero-order valence-corrected chi connectivity index (χ0v) is 22.0. The van der Waals surface area contributed by atoms with Gasteiger partial charge < -0.3 is 14.5 Å². The molecule has 204 valence electrons. The highest BCUT2D eigenvalue weighted by molar-refractivity contribution is 6.56. The first-order chi connectivity index (χ1) is 18.7. The minimum Gasteiger partial charge on any atom is -0.494 e. The van der Waals surface area contributed by atoms with E-state index in [0.29, 0.717) is 35.3 Å². The van der Waals surface area contributed by atoms with Crippen molar-refractivity contribution in [3.63, 3.8) is 0 Å². The van der Waals surface area contributed by atoms with Crippen molar-refractivity contribution >= 4 is 28.7 Å². The summed E-state index contributed by atoms with van der Waals surface area (Å²) in [5, 5.41) is 0. The first-order valence-corrected chi connectivity index (χ1v) is 13.0. The van der Waals surface area contributed by atoms with E-state index in [9.17, 15) is 18.0 Å². The highest BCUT2D eigenvalue weighted by Crippen LogP contribution is 2.38. The molecule has 1 amide bonds.